The van der Waals surface area contributed by atoms with Gasteiger partial charge >= 0.3 is 0 Å². The Balaban J connectivity index is 1.13. The van der Waals surface area contributed by atoms with E-state index in [9.17, 15) is 0 Å². The fourth-order valence-electron chi connectivity index (χ4n) is 6.86. The van der Waals surface area contributed by atoms with Gasteiger partial charge in [0.15, 0.2) is 0 Å². The number of hydrogen-bond acceptors (Lipinski definition) is 2. The summed E-state index contributed by atoms with van der Waals surface area (Å²) in [6.07, 6.45) is 0. The lowest BCUT2D eigenvalue weighted by atomic mass is 9.96. The highest BCUT2D eigenvalue weighted by Crippen LogP contribution is 2.42. The van der Waals surface area contributed by atoms with Crippen molar-refractivity contribution >= 4 is 49.6 Å². The topological polar surface area (TPSA) is 16.4 Å². The highest BCUT2D eigenvalue weighted by atomic mass is 16.3. The molecule has 0 radical (unpaired) electrons. The molecule has 0 N–H and O–H groups in total. The van der Waals surface area contributed by atoms with Gasteiger partial charge < -0.3 is 9.32 Å². The highest BCUT2D eigenvalue weighted by molar-refractivity contribution is 6.02. The number of benzene rings is 8. The van der Waals surface area contributed by atoms with Crippen molar-refractivity contribution in [2.24, 2.45) is 0 Å². The Hall–Kier alpha value is -6.38. The first-order chi connectivity index (χ1) is 23.8. The summed E-state index contributed by atoms with van der Waals surface area (Å²) in [7, 11) is 0. The fourth-order valence-corrected chi connectivity index (χ4v) is 6.86. The molecule has 0 bridgehead atoms. The van der Waals surface area contributed by atoms with Crippen LogP contribution in [0.25, 0.3) is 66.1 Å². The maximum atomic E-state index is 6.53. The minimum Gasteiger partial charge on any atom is -0.455 e. The quantitative estimate of drug-likeness (QED) is 0.185. The molecule has 0 aliphatic heterocycles. The highest BCUT2D eigenvalue weighted by Gasteiger charge is 2.18. The monoisotopic (exact) mass is 613 g/mol. The lowest BCUT2D eigenvalue weighted by molar-refractivity contribution is 0.632. The van der Waals surface area contributed by atoms with Gasteiger partial charge in [0.05, 0.1) is 0 Å². The Bertz CT molecular complexity index is 2480. The summed E-state index contributed by atoms with van der Waals surface area (Å²) >= 11 is 0. The van der Waals surface area contributed by atoms with E-state index in [2.05, 4.69) is 181 Å². The van der Waals surface area contributed by atoms with Gasteiger partial charge in [0.2, 0.25) is 0 Å². The van der Waals surface area contributed by atoms with Gasteiger partial charge in [0, 0.05) is 33.6 Å². The molecule has 2 heteroatoms. The molecule has 0 saturated carbocycles. The summed E-state index contributed by atoms with van der Waals surface area (Å²) in [4.78, 5) is 2.35. The molecule has 0 atom stereocenters. The molecule has 0 aliphatic carbocycles. The van der Waals surface area contributed by atoms with Crippen LogP contribution in [-0.2, 0) is 0 Å². The van der Waals surface area contributed by atoms with E-state index in [4.69, 9.17) is 4.42 Å². The Kier molecular flexibility index (Phi) is 6.84. The van der Waals surface area contributed by atoms with Gasteiger partial charge in [-0.25, -0.2) is 0 Å². The summed E-state index contributed by atoms with van der Waals surface area (Å²) in [6, 6.07) is 66.9. The van der Waals surface area contributed by atoms with E-state index in [0.717, 1.165) is 61.6 Å². The van der Waals surface area contributed by atoms with Crippen molar-refractivity contribution in [1.82, 2.24) is 0 Å². The second-order valence-corrected chi connectivity index (χ2v) is 12.2. The number of rotatable bonds is 6. The standard InChI is InChI=1S/C46H31NO/c1-2-13-35(14-3-1)45-43-19-8-9-20-44(43)48-46(45)39-18-10-17-36(29-39)34-21-25-40(26-22-34)47(41-27-23-32-11-4-6-15-37(32)30-41)42-28-24-33-12-5-7-16-38(33)31-42/h1-31H. The zero-order chi connectivity index (χ0) is 31.9. The van der Waals surface area contributed by atoms with Gasteiger partial charge in [-0.05, 0) is 86.8 Å². The smallest absolute Gasteiger partial charge is 0.143 e. The molecule has 0 saturated heterocycles. The van der Waals surface area contributed by atoms with Crippen LogP contribution in [0.1, 0.15) is 0 Å². The summed E-state index contributed by atoms with van der Waals surface area (Å²) in [5, 5.41) is 6.02. The summed E-state index contributed by atoms with van der Waals surface area (Å²) in [5.41, 5.74) is 9.86. The molecule has 0 aliphatic rings. The molecule has 0 amide bonds. The van der Waals surface area contributed by atoms with Crippen LogP contribution in [0.15, 0.2) is 192 Å². The third kappa shape index (κ3) is 5.01. The van der Waals surface area contributed by atoms with Gasteiger partial charge in [-0.2, -0.15) is 0 Å². The zero-order valence-electron chi connectivity index (χ0n) is 26.3. The van der Waals surface area contributed by atoms with Crippen LogP contribution in [0.2, 0.25) is 0 Å². The lowest BCUT2D eigenvalue weighted by Crippen LogP contribution is -2.09. The average molecular weight is 614 g/mol. The molecule has 226 valence electrons. The average Bonchev–Trinajstić information content (AvgIpc) is 3.55. The summed E-state index contributed by atoms with van der Waals surface area (Å²) < 4.78 is 6.53. The van der Waals surface area contributed by atoms with Crippen LogP contribution in [0.5, 0.6) is 0 Å². The first kappa shape index (κ1) is 27.9. The van der Waals surface area contributed by atoms with E-state index in [1.165, 1.54) is 21.5 Å². The van der Waals surface area contributed by atoms with Crippen molar-refractivity contribution in [3.63, 3.8) is 0 Å². The molecule has 1 aromatic heterocycles. The van der Waals surface area contributed by atoms with Crippen LogP contribution in [-0.4, -0.2) is 0 Å². The third-order valence-corrected chi connectivity index (χ3v) is 9.22. The zero-order valence-corrected chi connectivity index (χ0v) is 26.3. The number of anilines is 3. The SMILES string of the molecule is c1ccc(-c2c(-c3cccc(-c4ccc(N(c5ccc6ccccc6c5)c5ccc6ccccc6c5)cc4)c3)oc3ccccc23)cc1. The van der Waals surface area contributed by atoms with E-state index >= 15 is 0 Å². The van der Waals surface area contributed by atoms with E-state index in [0.29, 0.717) is 0 Å². The first-order valence-corrected chi connectivity index (χ1v) is 16.3. The largest absolute Gasteiger partial charge is 0.455 e. The molecule has 1 heterocycles. The molecule has 8 aromatic carbocycles. The Morgan fingerprint density at radius 1 is 0.333 bits per heavy atom. The maximum Gasteiger partial charge on any atom is 0.143 e. The lowest BCUT2D eigenvalue weighted by Gasteiger charge is -2.26. The molecule has 9 aromatic rings. The molecule has 0 unspecified atom stereocenters. The second kappa shape index (κ2) is 11.8. The normalized spacial score (nSPS) is 11.3. The van der Waals surface area contributed by atoms with Gasteiger partial charge in [-0.15, -0.1) is 0 Å². The number of para-hydroxylation sites is 1. The van der Waals surface area contributed by atoms with Crippen LogP contribution < -0.4 is 4.90 Å². The van der Waals surface area contributed by atoms with E-state index in [-0.39, 0.29) is 0 Å². The van der Waals surface area contributed by atoms with Crippen molar-refractivity contribution in [3.05, 3.63) is 188 Å². The van der Waals surface area contributed by atoms with Crippen LogP contribution >= 0.6 is 0 Å². The van der Waals surface area contributed by atoms with E-state index in [1.54, 1.807) is 0 Å². The Labute approximate surface area is 279 Å². The summed E-state index contributed by atoms with van der Waals surface area (Å²) in [6.45, 7) is 0. The third-order valence-electron chi connectivity index (χ3n) is 9.22. The number of nitrogens with zero attached hydrogens (tertiary/aromatic N) is 1. The van der Waals surface area contributed by atoms with Crippen LogP contribution in [0.4, 0.5) is 17.1 Å². The van der Waals surface area contributed by atoms with E-state index in [1.807, 2.05) is 12.1 Å². The van der Waals surface area contributed by atoms with Gasteiger partial charge in [-0.1, -0.05) is 140 Å². The van der Waals surface area contributed by atoms with Crippen LogP contribution in [0.3, 0.4) is 0 Å². The Morgan fingerprint density at radius 3 is 1.56 bits per heavy atom. The molecule has 2 nitrogen and oxygen atoms in total. The number of fused-ring (bicyclic) bond motifs is 3. The molecule has 0 fully saturated rings. The Morgan fingerprint density at radius 2 is 0.875 bits per heavy atom. The predicted molar refractivity (Wildman–Crippen MR) is 202 cm³/mol. The van der Waals surface area contributed by atoms with Crippen molar-refractivity contribution in [1.29, 1.82) is 0 Å². The van der Waals surface area contributed by atoms with Gasteiger partial charge in [0.1, 0.15) is 11.3 Å². The molecule has 48 heavy (non-hydrogen) atoms. The summed E-state index contributed by atoms with van der Waals surface area (Å²) in [5.74, 6) is 0.889. The van der Waals surface area contributed by atoms with Gasteiger partial charge in [-0.3, -0.25) is 0 Å². The van der Waals surface area contributed by atoms with E-state index < -0.39 is 0 Å². The van der Waals surface area contributed by atoms with Crippen molar-refractivity contribution in [3.8, 4) is 33.6 Å². The molecular formula is C46H31NO. The van der Waals surface area contributed by atoms with Crippen molar-refractivity contribution in [2.45, 2.75) is 0 Å². The minimum absolute atomic E-state index is 0.889. The fraction of sp³-hybridized carbons (Fsp3) is 0. The van der Waals surface area contributed by atoms with Crippen LogP contribution in [0, 0.1) is 0 Å². The molecule has 0 spiro atoms. The van der Waals surface area contributed by atoms with Crippen molar-refractivity contribution < 1.29 is 4.42 Å². The molecule has 9 rings (SSSR count). The van der Waals surface area contributed by atoms with Gasteiger partial charge in [0.25, 0.3) is 0 Å². The minimum atomic E-state index is 0.889. The van der Waals surface area contributed by atoms with Crippen molar-refractivity contribution in [2.75, 3.05) is 4.90 Å². The maximum absolute atomic E-state index is 6.53. The molecular weight excluding hydrogens is 583 g/mol. The first-order valence-electron chi connectivity index (χ1n) is 16.3. The number of furan rings is 1. The number of hydrogen-bond donors (Lipinski definition) is 0. The predicted octanol–water partition coefficient (Wildman–Crippen LogP) is 13.2. The second-order valence-electron chi connectivity index (χ2n) is 12.2.